The molecule has 0 aliphatic rings. The van der Waals surface area contributed by atoms with Gasteiger partial charge in [-0.1, -0.05) is 24.3 Å². The van der Waals surface area contributed by atoms with Crippen molar-refractivity contribution in [3.05, 3.63) is 35.4 Å². The van der Waals surface area contributed by atoms with E-state index < -0.39 is 25.8 Å². The summed E-state index contributed by atoms with van der Waals surface area (Å²) in [6, 6.07) is 4.83. The highest BCUT2D eigenvalue weighted by atomic mass is 31.2. The van der Waals surface area contributed by atoms with Gasteiger partial charge in [0.05, 0.1) is 6.16 Å². The van der Waals surface area contributed by atoms with Gasteiger partial charge in [0.2, 0.25) is 0 Å². The van der Waals surface area contributed by atoms with Crippen molar-refractivity contribution in [3.8, 4) is 0 Å². The van der Waals surface area contributed by atoms with Gasteiger partial charge in [-0.05, 0) is 26.6 Å². The average Bonchev–Trinajstić information content (AvgIpc) is 2.40. The van der Waals surface area contributed by atoms with E-state index >= 15 is 0 Å². The lowest BCUT2D eigenvalue weighted by Crippen LogP contribution is -2.32. The van der Waals surface area contributed by atoms with Crippen LogP contribution in [-0.4, -0.2) is 17.1 Å². The van der Waals surface area contributed by atoms with Crippen molar-refractivity contribution in [1.29, 1.82) is 0 Å². The van der Waals surface area contributed by atoms with E-state index in [1.54, 1.807) is 0 Å². The van der Waals surface area contributed by atoms with Gasteiger partial charge in [-0.25, -0.2) is 0 Å². The highest BCUT2D eigenvalue weighted by Crippen LogP contribution is 2.52. The minimum absolute atomic E-state index is 0.104. The molecule has 0 spiro atoms. The topological polar surface area (TPSA) is 98.9 Å². The first-order valence-corrected chi connectivity index (χ1v) is 6.89. The van der Waals surface area contributed by atoms with Gasteiger partial charge in [0.1, 0.15) is 6.04 Å². The van der Waals surface area contributed by atoms with Crippen LogP contribution in [0.1, 0.15) is 11.1 Å². The fourth-order valence-corrected chi connectivity index (χ4v) is 2.18. The van der Waals surface area contributed by atoms with Gasteiger partial charge in [-0.3, -0.25) is 9.36 Å². The molecule has 1 atom stereocenters. The number of halogens is 2. The van der Waals surface area contributed by atoms with Crippen LogP contribution in [0.25, 0.3) is 0 Å². The SMILES string of the molecule is NC(Cc1ccc(CP(=O)(OF)OF)cc1)C(=O)O. The third kappa shape index (κ3) is 4.68. The molecule has 0 radical (unpaired) electrons. The van der Waals surface area contributed by atoms with Crippen LogP contribution in [-0.2, 0) is 31.4 Å². The molecule has 0 saturated heterocycles. The number of carboxylic acid groups (broad SMARTS) is 1. The summed E-state index contributed by atoms with van der Waals surface area (Å²) >= 11 is 0. The van der Waals surface area contributed by atoms with E-state index in [0.717, 1.165) is 0 Å². The first-order valence-electron chi connectivity index (χ1n) is 5.16. The maximum Gasteiger partial charge on any atom is 0.399 e. The van der Waals surface area contributed by atoms with Crippen LogP contribution in [0.2, 0.25) is 0 Å². The van der Waals surface area contributed by atoms with Gasteiger partial charge >= 0.3 is 13.6 Å². The number of carboxylic acids is 1. The molecule has 0 bridgehead atoms. The average molecular weight is 295 g/mol. The molecule has 1 rings (SSSR count). The van der Waals surface area contributed by atoms with Crippen molar-refractivity contribution in [2.75, 3.05) is 0 Å². The number of hydrogen-bond donors (Lipinski definition) is 2. The molecule has 0 amide bonds. The quantitative estimate of drug-likeness (QED) is 0.748. The van der Waals surface area contributed by atoms with Crippen LogP contribution < -0.4 is 5.73 Å². The predicted octanol–water partition coefficient (Wildman–Crippen LogP) is 2.14. The normalized spacial score (nSPS) is 13.2. The minimum Gasteiger partial charge on any atom is -0.480 e. The smallest absolute Gasteiger partial charge is 0.399 e. The van der Waals surface area contributed by atoms with Crippen LogP contribution >= 0.6 is 7.60 Å². The van der Waals surface area contributed by atoms with E-state index in [9.17, 15) is 18.4 Å². The summed E-state index contributed by atoms with van der Waals surface area (Å²) in [6.07, 6.45) is -0.474. The number of benzene rings is 1. The summed E-state index contributed by atoms with van der Waals surface area (Å²) < 4.78 is 40.9. The monoisotopic (exact) mass is 295 g/mol. The fourth-order valence-electron chi connectivity index (χ4n) is 1.41. The number of hydrogen-bond acceptors (Lipinski definition) is 5. The molecule has 6 nitrogen and oxygen atoms in total. The Bertz CT molecular complexity index is 473. The second-order valence-electron chi connectivity index (χ2n) is 3.87. The number of aliphatic carboxylic acids is 1. The van der Waals surface area contributed by atoms with Crippen LogP contribution in [0.3, 0.4) is 0 Å². The number of nitrogens with two attached hydrogens (primary N) is 1. The van der Waals surface area contributed by atoms with Crippen molar-refractivity contribution in [2.24, 2.45) is 5.73 Å². The lowest BCUT2D eigenvalue weighted by atomic mass is 10.1. The molecule has 1 aromatic rings. The van der Waals surface area contributed by atoms with E-state index in [0.29, 0.717) is 11.1 Å². The Labute approximate surface area is 107 Å². The summed E-state index contributed by atoms with van der Waals surface area (Å²) in [7, 11) is -4.41. The Hall–Kier alpha value is -1.34. The molecule has 0 heterocycles. The zero-order valence-electron chi connectivity index (χ0n) is 9.66. The van der Waals surface area contributed by atoms with Gasteiger partial charge in [0.25, 0.3) is 0 Å². The Balaban J connectivity index is 2.72. The van der Waals surface area contributed by atoms with E-state index in [-0.39, 0.29) is 6.42 Å². The Morgan fingerprint density at radius 2 is 1.74 bits per heavy atom. The largest absolute Gasteiger partial charge is 0.480 e. The van der Waals surface area contributed by atoms with Crippen LogP contribution in [0.15, 0.2) is 24.3 Å². The zero-order valence-corrected chi connectivity index (χ0v) is 10.6. The van der Waals surface area contributed by atoms with Crippen molar-refractivity contribution >= 4 is 13.6 Å². The number of rotatable bonds is 7. The molecule has 0 fully saturated rings. The molecular formula is C10H12F2NO5P. The molecular weight excluding hydrogens is 283 g/mol. The predicted molar refractivity (Wildman–Crippen MR) is 61.5 cm³/mol. The van der Waals surface area contributed by atoms with E-state index in [4.69, 9.17) is 10.8 Å². The number of carbonyl (C=O) groups is 1. The molecule has 3 N–H and O–H groups in total. The second kappa shape index (κ2) is 6.72. The molecule has 0 aromatic heterocycles. The van der Waals surface area contributed by atoms with Crippen LogP contribution in [0.4, 0.5) is 9.05 Å². The lowest BCUT2D eigenvalue weighted by Gasteiger charge is -2.09. The van der Waals surface area contributed by atoms with E-state index in [1.807, 2.05) is 0 Å². The van der Waals surface area contributed by atoms with Gasteiger partial charge in [0.15, 0.2) is 0 Å². The van der Waals surface area contributed by atoms with Gasteiger partial charge in [-0.15, -0.1) is 9.46 Å². The minimum atomic E-state index is -4.41. The molecule has 9 heteroatoms. The summed E-state index contributed by atoms with van der Waals surface area (Å²) in [5.41, 5.74) is 6.28. The Morgan fingerprint density at radius 1 is 1.26 bits per heavy atom. The van der Waals surface area contributed by atoms with Crippen molar-refractivity contribution in [1.82, 2.24) is 0 Å². The molecule has 0 aliphatic heterocycles. The molecule has 1 unspecified atom stereocenters. The first kappa shape index (κ1) is 15.7. The van der Waals surface area contributed by atoms with Crippen molar-refractivity contribution in [2.45, 2.75) is 18.6 Å². The third-order valence-electron chi connectivity index (χ3n) is 2.38. The van der Waals surface area contributed by atoms with Crippen LogP contribution in [0.5, 0.6) is 0 Å². The molecule has 106 valence electrons. The lowest BCUT2D eigenvalue weighted by molar-refractivity contribution is -0.138. The summed E-state index contributed by atoms with van der Waals surface area (Å²) in [5, 5.41) is 8.64. The Kier molecular flexibility index (Phi) is 5.56. The van der Waals surface area contributed by atoms with Crippen molar-refractivity contribution in [3.63, 3.8) is 0 Å². The maximum absolute atomic E-state index is 11.9. The molecule has 1 aromatic carbocycles. The third-order valence-corrected chi connectivity index (χ3v) is 3.56. The van der Waals surface area contributed by atoms with Gasteiger partial charge < -0.3 is 10.8 Å². The highest BCUT2D eigenvalue weighted by Gasteiger charge is 2.28. The second-order valence-corrected chi connectivity index (χ2v) is 5.69. The van der Waals surface area contributed by atoms with Gasteiger partial charge in [-0.2, -0.15) is 0 Å². The molecule has 0 aliphatic carbocycles. The molecule has 0 saturated carbocycles. The maximum atomic E-state index is 11.9. The fraction of sp³-hybridized carbons (Fsp3) is 0.300. The van der Waals surface area contributed by atoms with Gasteiger partial charge in [0, 0.05) is 0 Å². The highest BCUT2D eigenvalue weighted by molar-refractivity contribution is 7.52. The summed E-state index contributed by atoms with van der Waals surface area (Å²) in [5.74, 6) is -1.13. The molecule has 19 heavy (non-hydrogen) atoms. The standard InChI is InChI=1S/C10H12F2NO5P/c11-17-19(16,18-12)6-8-3-1-7(2-4-8)5-9(13)10(14)15/h1-4,9H,5-6,13H2,(H,14,15). The van der Waals surface area contributed by atoms with Crippen molar-refractivity contribution < 1.29 is 33.0 Å². The van der Waals surface area contributed by atoms with E-state index in [2.05, 4.69) is 9.46 Å². The summed E-state index contributed by atoms with van der Waals surface area (Å²) in [4.78, 5) is 10.6. The van der Waals surface area contributed by atoms with Crippen LogP contribution in [0, 0.1) is 0 Å². The summed E-state index contributed by atoms with van der Waals surface area (Å²) in [6.45, 7) is 0. The first-order chi connectivity index (χ1) is 8.90. The zero-order chi connectivity index (χ0) is 14.5. The Morgan fingerprint density at radius 3 is 2.16 bits per heavy atom. The van der Waals surface area contributed by atoms with E-state index in [1.165, 1.54) is 24.3 Å².